The van der Waals surface area contributed by atoms with Gasteiger partial charge in [-0.25, -0.2) is 0 Å². The molecule has 35 heavy (non-hydrogen) atoms. The van der Waals surface area contributed by atoms with Gasteiger partial charge in [-0.3, -0.25) is 9.98 Å². The van der Waals surface area contributed by atoms with Crippen LogP contribution in [0.3, 0.4) is 0 Å². The van der Waals surface area contributed by atoms with E-state index in [1.165, 1.54) is 74.3 Å². The molecule has 3 aromatic rings. The minimum Gasteiger partial charge on any atom is -0.289 e. The molecular weight excluding hydrogens is 424 g/mol. The minimum atomic E-state index is 0.993. The Labute approximate surface area is 211 Å². The molecule has 0 spiro atoms. The van der Waals surface area contributed by atoms with Gasteiger partial charge in [-0.2, -0.15) is 0 Å². The fourth-order valence-electron chi connectivity index (χ4n) is 5.66. The molecule has 0 radical (unpaired) electrons. The smallest absolute Gasteiger partial charge is 0.0421 e. The van der Waals surface area contributed by atoms with Crippen LogP contribution in [0.15, 0.2) is 64.6 Å². The molecule has 0 N–H and O–H groups in total. The molecule has 2 heteroatoms. The monoisotopic (exact) mass is 462 g/mol. The van der Waals surface area contributed by atoms with Gasteiger partial charge in [0.15, 0.2) is 0 Å². The quantitative estimate of drug-likeness (QED) is 0.334. The first-order valence-corrected chi connectivity index (χ1v) is 13.4. The highest BCUT2D eigenvalue weighted by Crippen LogP contribution is 2.22. The average molecular weight is 463 g/mol. The van der Waals surface area contributed by atoms with E-state index in [4.69, 9.17) is 0 Å². The van der Waals surface area contributed by atoms with Gasteiger partial charge < -0.3 is 0 Å². The molecule has 0 fully saturated rings. The first-order chi connectivity index (χ1) is 17.0. The molecule has 0 bridgehead atoms. The van der Waals surface area contributed by atoms with E-state index < -0.39 is 0 Å². The normalized spacial score (nSPS) is 15.4. The second kappa shape index (κ2) is 10.7. The van der Waals surface area contributed by atoms with Crippen molar-refractivity contribution in [2.75, 3.05) is 13.1 Å². The zero-order valence-electron chi connectivity index (χ0n) is 21.7. The number of benzene rings is 3. The summed E-state index contributed by atoms with van der Waals surface area (Å²) < 4.78 is 0. The van der Waals surface area contributed by atoms with Gasteiger partial charge in [-0.1, -0.05) is 48.0 Å². The highest BCUT2D eigenvalue weighted by Gasteiger charge is 2.12. The Morgan fingerprint density at radius 3 is 1.46 bits per heavy atom. The van der Waals surface area contributed by atoms with Gasteiger partial charge in [0, 0.05) is 24.5 Å². The fraction of sp³-hybridized carbons (Fsp3) is 0.394. The van der Waals surface area contributed by atoms with Crippen LogP contribution in [0.4, 0.5) is 0 Å². The molecule has 180 valence electrons. The molecule has 0 saturated carbocycles. The van der Waals surface area contributed by atoms with Crippen LogP contribution in [-0.2, 0) is 25.7 Å². The van der Waals surface area contributed by atoms with Crippen molar-refractivity contribution in [3.63, 3.8) is 0 Å². The van der Waals surface area contributed by atoms with Crippen molar-refractivity contribution < 1.29 is 0 Å². The maximum Gasteiger partial charge on any atom is 0.0421 e. The van der Waals surface area contributed by atoms with E-state index in [0.29, 0.717) is 0 Å². The number of rotatable bonds is 8. The molecule has 3 aromatic carbocycles. The van der Waals surface area contributed by atoms with Crippen LogP contribution in [0.5, 0.6) is 0 Å². The maximum atomic E-state index is 4.67. The summed E-state index contributed by atoms with van der Waals surface area (Å²) in [5, 5.41) is 0. The third kappa shape index (κ3) is 5.81. The SMILES string of the molecule is Cc1cc(CCc2ccc(C3=NCCC3)cc2C)cc(CCc2ccc(C3=NCCC3)cc2C)c1. The van der Waals surface area contributed by atoms with Gasteiger partial charge in [0.25, 0.3) is 0 Å². The molecule has 2 aliphatic rings. The van der Waals surface area contributed by atoms with Crippen LogP contribution in [0.25, 0.3) is 0 Å². The van der Waals surface area contributed by atoms with Gasteiger partial charge >= 0.3 is 0 Å². The number of hydrogen-bond donors (Lipinski definition) is 0. The molecule has 5 rings (SSSR count). The van der Waals surface area contributed by atoms with Crippen LogP contribution < -0.4 is 0 Å². The van der Waals surface area contributed by atoms with Crippen LogP contribution in [0.1, 0.15) is 75.8 Å². The molecule has 0 atom stereocenters. The highest BCUT2D eigenvalue weighted by molar-refractivity contribution is 6.02. The molecule has 0 amide bonds. The second-order valence-electron chi connectivity index (χ2n) is 10.5. The first-order valence-electron chi connectivity index (χ1n) is 13.4. The average Bonchev–Trinajstić information content (AvgIpc) is 3.57. The number of aryl methyl sites for hydroxylation is 7. The summed E-state index contributed by atoms with van der Waals surface area (Å²) in [6.45, 7) is 8.72. The third-order valence-corrected chi connectivity index (χ3v) is 7.66. The lowest BCUT2D eigenvalue weighted by molar-refractivity contribution is 0.918. The Bertz CT molecular complexity index is 1180. The molecule has 0 unspecified atom stereocenters. The predicted octanol–water partition coefficient (Wildman–Crippen LogP) is 7.35. The fourth-order valence-corrected chi connectivity index (χ4v) is 5.66. The summed E-state index contributed by atoms with van der Waals surface area (Å²) in [5.41, 5.74) is 15.2. The lowest BCUT2D eigenvalue weighted by atomic mass is 9.93. The summed E-state index contributed by atoms with van der Waals surface area (Å²) >= 11 is 0. The van der Waals surface area contributed by atoms with E-state index in [9.17, 15) is 0 Å². The topological polar surface area (TPSA) is 24.7 Å². The Kier molecular flexibility index (Phi) is 7.27. The third-order valence-electron chi connectivity index (χ3n) is 7.66. The zero-order valence-corrected chi connectivity index (χ0v) is 21.7. The van der Waals surface area contributed by atoms with E-state index >= 15 is 0 Å². The molecule has 0 aliphatic carbocycles. The standard InChI is InChI=1S/C33H38N2/c1-23-18-26(8-10-28-12-14-30(20-24(28)2)32-6-4-16-34-32)22-27(19-23)9-11-29-13-15-31(21-25(29)3)33-7-5-17-35-33/h12-15,18-22H,4-11,16-17H2,1-3H3. The van der Waals surface area contributed by atoms with Gasteiger partial charge in [0.05, 0.1) is 0 Å². The Balaban J connectivity index is 1.22. The summed E-state index contributed by atoms with van der Waals surface area (Å²) in [5.74, 6) is 0. The summed E-state index contributed by atoms with van der Waals surface area (Å²) in [7, 11) is 0. The second-order valence-corrected chi connectivity index (χ2v) is 10.5. The summed E-state index contributed by atoms with van der Waals surface area (Å²) in [4.78, 5) is 9.34. The Morgan fingerprint density at radius 2 is 1.06 bits per heavy atom. The van der Waals surface area contributed by atoms with Crippen molar-refractivity contribution in [3.8, 4) is 0 Å². The Hall–Kier alpha value is -3.00. The molecule has 0 saturated heterocycles. The lowest BCUT2D eigenvalue weighted by Gasteiger charge is -2.12. The van der Waals surface area contributed by atoms with E-state index in [1.54, 1.807) is 0 Å². The van der Waals surface area contributed by atoms with Gasteiger partial charge in [0.2, 0.25) is 0 Å². The highest BCUT2D eigenvalue weighted by atomic mass is 14.8. The zero-order chi connectivity index (χ0) is 24.2. The van der Waals surface area contributed by atoms with Crippen molar-refractivity contribution in [1.82, 2.24) is 0 Å². The maximum absolute atomic E-state index is 4.67. The summed E-state index contributed by atoms with van der Waals surface area (Å²) in [6.07, 6.45) is 9.02. The van der Waals surface area contributed by atoms with Gasteiger partial charge in [-0.15, -0.1) is 0 Å². The lowest BCUT2D eigenvalue weighted by Crippen LogP contribution is -2.02. The number of aliphatic imine (C=N–C) groups is 2. The molecule has 0 aromatic heterocycles. The first kappa shape index (κ1) is 23.7. The molecule has 2 heterocycles. The van der Waals surface area contributed by atoms with Crippen molar-refractivity contribution in [3.05, 3.63) is 105 Å². The molecular formula is C33H38N2. The molecule has 2 nitrogen and oxygen atoms in total. The van der Waals surface area contributed by atoms with Crippen LogP contribution in [0.2, 0.25) is 0 Å². The Morgan fingerprint density at radius 1 is 0.571 bits per heavy atom. The number of nitrogens with zero attached hydrogens (tertiary/aromatic N) is 2. The van der Waals surface area contributed by atoms with Crippen LogP contribution >= 0.6 is 0 Å². The van der Waals surface area contributed by atoms with Crippen molar-refractivity contribution in [2.24, 2.45) is 9.98 Å². The number of hydrogen-bond acceptors (Lipinski definition) is 2. The minimum absolute atomic E-state index is 0.993. The van der Waals surface area contributed by atoms with Crippen LogP contribution in [0, 0.1) is 20.8 Å². The van der Waals surface area contributed by atoms with Crippen LogP contribution in [-0.4, -0.2) is 24.5 Å². The molecule has 2 aliphatic heterocycles. The van der Waals surface area contributed by atoms with E-state index in [1.807, 2.05) is 0 Å². The van der Waals surface area contributed by atoms with Crippen molar-refractivity contribution >= 4 is 11.4 Å². The van der Waals surface area contributed by atoms with Crippen molar-refractivity contribution in [1.29, 1.82) is 0 Å². The summed E-state index contributed by atoms with van der Waals surface area (Å²) in [6, 6.07) is 21.1. The van der Waals surface area contributed by atoms with E-state index in [-0.39, 0.29) is 0 Å². The largest absolute Gasteiger partial charge is 0.289 e. The predicted molar refractivity (Wildman–Crippen MR) is 150 cm³/mol. The van der Waals surface area contributed by atoms with Gasteiger partial charge in [-0.05, 0) is 129 Å². The van der Waals surface area contributed by atoms with E-state index in [2.05, 4.69) is 85.4 Å². The van der Waals surface area contributed by atoms with Crippen molar-refractivity contribution in [2.45, 2.75) is 72.1 Å². The van der Waals surface area contributed by atoms with Gasteiger partial charge in [0.1, 0.15) is 0 Å². The van der Waals surface area contributed by atoms with E-state index in [0.717, 1.165) is 51.6 Å².